The molecule has 1 heterocycles. The lowest BCUT2D eigenvalue weighted by molar-refractivity contribution is 0.389. The molecule has 0 saturated carbocycles. The van der Waals surface area contributed by atoms with E-state index >= 15 is 0 Å². The van der Waals surface area contributed by atoms with Gasteiger partial charge in [0.05, 0.1) is 12.7 Å². The van der Waals surface area contributed by atoms with E-state index in [0.717, 1.165) is 6.42 Å². The summed E-state index contributed by atoms with van der Waals surface area (Å²) in [7, 11) is 3.72. The van der Waals surface area contributed by atoms with Gasteiger partial charge in [-0.25, -0.2) is 0 Å². The van der Waals surface area contributed by atoms with Crippen molar-refractivity contribution in [2.45, 2.75) is 38.6 Å². The number of rotatable bonds is 1. The van der Waals surface area contributed by atoms with Crippen molar-refractivity contribution in [3.8, 4) is 11.8 Å². The summed E-state index contributed by atoms with van der Waals surface area (Å²) in [6.45, 7) is 6.72. The normalized spacial score (nSPS) is 21.1. The SMILES string of the molecule is COc1cc2c(cc1C#N)[C@@H](C)CC(C)(C)N2C. The Morgan fingerprint density at radius 3 is 2.67 bits per heavy atom. The molecule has 1 aliphatic rings. The van der Waals surface area contributed by atoms with Gasteiger partial charge < -0.3 is 9.64 Å². The molecule has 2 rings (SSSR count). The van der Waals surface area contributed by atoms with Gasteiger partial charge in [0.15, 0.2) is 0 Å². The van der Waals surface area contributed by atoms with Crippen molar-refractivity contribution in [3.05, 3.63) is 23.3 Å². The number of nitrogens with zero attached hydrogens (tertiary/aromatic N) is 2. The van der Waals surface area contributed by atoms with E-state index in [1.807, 2.05) is 12.1 Å². The first kappa shape index (κ1) is 12.8. The molecule has 1 atom stereocenters. The van der Waals surface area contributed by atoms with E-state index in [1.165, 1.54) is 11.3 Å². The van der Waals surface area contributed by atoms with Crippen molar-refractivity contribution in [1.29, 1.82) is 5.26 Å². The molecule has 0 saturated heterocycles. The Bertz CT molecular complexity index is 514. The standard InChI is InChI=1S/C15H20N2O/c1-10-8-15(2,3)17(4)13-7-14(18-5)11(9-16)6-12(10)13/h6-7,10H,8H2,1-5H3/t10-/m0/s1. The van der Waals surface area contributed by atoms with Crippen LogP contribution in [0.4, 0.5) is 5.69 Å². The number of ether oxygens (including phenoxy) is 1. The average molecular weight is 244 g/mol. The molecule has 18 heavy (non-hydrogen) atoms. The average Bonchev–Trinajstić information content (AvgIpc) is 2.34. The van der Waals surface area contributed by atoms with Crippen molar-refractivity contribution in [1.82, 2.24) is 0 Å². The van der Waals surface area contributed by atoms with Crippen LogP contribution in [0.5, 0.6) is 5.75 Å². The van der Waals surface area contributed by atoms with E-state index in [1.54, 1.807) is 7.11 Å². The van der Waals surface area contributed by atoms with Crippen molar-refractivity contribution in [3.63, 3.8) is 0 Å². The Balaban J connectivity index is 2.63. The molecule has 1 aliphatic heterocycles. The number of anilines is 1. The summed E-state index contributed by atoms with van der Waals surface area (Å²) in [5, 5.41) is 9.16. The van der Waals surface area contributed by atoms with Crippen LogP contribution in [0.25, 0.3) is 0 Å². The highest BCUT2D eigenvalue weighted by molar-refractivity contribution is 5.65. The number of benzene rings is 1. The number of nitriles is 1. The summed E-state index contributed by atoms with van der Waals surface area (Å²) in [5.41, 5.74) is 3.17. The molecule has 0 radical (unpaired) electrons. The Labute approximate surface area is 109 Å². The van der Waals surface area contributed by atoms with E-state index in [2.05, 4.69) is 38.8 Å². The Kier molecular flexibility index (Phi) is 2.98. The van der Waals surface area contributed by atoms with Gasteiger partial charge in [-0.1, -0.05) is 6.92 Å². The summed E-state index contributed by atoms with van der Waals surface area (Å²) in [5.74, 6) is 1.12. The molecule has 0 unspecified atom stereocenters. The monoisotopic (exact) mass is 244 g/mol. The van der Waals surface area contributed by atoms with Crippen molar-refractivity contribution in [2.24, 2.45) is 0 Å². The molecular weight excluding hydrogens is 224 g/mol. The van der Waals surface area contributed by atoms with Gasteiger partial charge in [-0.15, -0.1) is 0 Å². The fraction of sp³-hybridized carbons (Fsp3) is 0.533. The fourth-order valence-electron chi connectivity index (χ4n) is 2.85. The third-order valence-electron chi connectivity index (χ3n) is 4.08. The maximum absolute atomic E-state index is 9.16. The molecule has 0 aliphatic carbocycles. The van der Waals surface area contributed by atoms with Gasteiger partial charge in [0.1, 0.15) is 11.8 Å². The molecule has 0 spiro atoms. The highest BCUT2D eigenvalue weighted by Crippen LogP contribution is 2.44. The Morgan fingerprint density at radius 2 is 2.11 bits per heavy atom. The molecular formula is C15H20N2O. The van der Waals surface area contributed by atoms with E-state index in [0.29, 0.717) is 17.2 Å². The number of fused-ring (bicyclic) bond motifs is 1. The Morgan fingerprint density at radius 1 is 1.44 bits per heavy atom. The van der Waals surface area contributed by atoms with Crippen LogP contribution >= 0.6 is 0 Å². The van der Waals surface area contributed by atoms with E-state index < -0.39 is 0 Å². The number of methoxy groups -OCH3 is 1. The topological polar surface area (TPSA) is 36.3 Å². The lowest BCUT2D eigenvalue weighted by atomic mass is 9.80. The van der Waals surface area contributed by atoms with Gasteiger partial charge in [-0.3, -0.25) is 0 Å². The second kappa shape index (κ2) is 4.20. The van der Waals surface area contributed by atoms with Gasteiger partial charge in [-0.05, 0) is 37.8 Å². The highest BCUT2D eigenvalue weighted by atomic mass is 16.5. The van der Waals surface area contributed by atoms with Gasteiger partial charge in [-0.2, -0.15) is 5.26 Å². The zero-order valence-corrected chi connectivity index (χ0v) is 11.7. The molecule has 3 nitrogen and oxygen atoms in total. The number of hydrogen-bond acceptors (Lipinski definition) is 3. The van der Waals surface area contributed by atoms with Gasteiger partial charge >= 0.3 is 0 Å². The third-order valence-corrected chi connectivity index (χ3v) is 4.08. The summed E-state index contributed by atoms with van der Waals surface area (Å²) in [4.78, 5) is 2.28. The first-order valence-electron chi connectivity index (χ1n) is 6.26. The first-order chi connectivity index (χ1) is 8.40. The van der Waals surface area contributed by atoms with Crippen LogP contribution in [0.15, 0.2) is 12.1 Å². The highest BCUT2D eigenvalue weighted by Gasteiger charge is 2.34. The van der Waals surface area contributed by atoms with Crippen LogP contribution < -0.4 is 9.64 Å². The molecule has 0 N–H and O–H groups in total. The lowest BCUT2D eigenvalue weighted by Gasteiger charge is -2.45. The van der Waals surface area contributed by atoms with Gasteiger partial charge in [0.25, 0.3) is 0 Å². The van der Waals surface area contributed by atoms with Crippen LogP contribution in [-0.2, 0) is 0 Å². The van der Waals surface area contributed by atoms with E-state index in [9.17, 15) is 0 Å². The van der Waals surface area contributed by atoms with Gasteiger partial charge in [0, 0.05) is 24.3 Å². The second-order valence-corrected chi connectivity index (χ2v) is 5.70. The third kappa shape index (κ3) is 1.82. The van der Waals surface area contributed by atoms with Gasteiger partial charge in [0.2, 0.25) is 0 Å². The maximum atomic E-state index is 9.16. The van der Waals surface area contributed by atoms with Crippen LogP contribution in [0.3, 0.4) is 0 Å². The predicted octanol–water partition coefficient (Wildman–Crippen LogP) is 3.29. The minimum Gasteiger partial charge on any atom is -0.495 e. The zero-order valence-electron chi connectivity index (χ0n) is 11.7. The van der Waals surface area contributed by atoms with Crippen LogP contribution in [0, 0.1) is 11.3 Å². The van der Waals surface area contributed by atoms with Crippen molar-refractivity contribution in [2.75, 3.05) is 19.1 Å². The second-order valence-electron chi connectivity index (χ2n) is 5.70. The summed E-state index contributed by atoms with van der Waals surface area (Å²) >= 11 is 0. The molecule has 0 aromatic heterocycles. The maximum Gasteiger partial charge on any atom is 0.138 e. The molecule has 96 valence electrons. The van der Waals surface area contributed by atoms with Crippen molar-refractivity contribution >= 4 is 5.69 Å². The number of hydrogen-bond donors (Lipinski definition) is 0. The molecule has 0 bridgehead atoms. The summed E-state index contributed by atoms with van der Waals surface area (Å²) in [6, 6.07) is 6.18. The first-order valence-corrected chi connectivity index (χ1v) is 6.26. The fourth-order valence-corrected chi connectivity index (χ4v) is 2.85. The lowest BCUT2D eigenvalue weighted by Crippen LogP contribution is -2.45. The smallest absolute Gasteiger partial charge is 0.138 e. The molecule has 1 aromatic rings. The minimum absolute atomic E-state index is 0.131. The van der Waals surface area contributed by atoms with Crippen molar-refractivity contribution < 1.29 is 4.74 Å². The summed E-state index contributed by atoms with van der Waals surface area (Å²) < 4.78 is 5.30. The molecule has 1 aromatic carbocycles. The predicted molar refractivity (Wildman–Crippen MR) is 73.2 cm³/mol. The quantitative estimate of drug-likeness (QED) is 0.760. The largest absolute Gasteiger partial charge is 0.495 e. The molecule has 3 heteroatoms. The van der Waals surface area contributed by atoms with Crippen LogP contribution in [0.2, 0.25) is 0 Å². The minimum atomic E-state index is 0.131. The van der Waals surface area contributed by atoms with E-state index in [-0.39, 0.29) is 5.54 Å². The molecule has 0 fully saturated rings. The Hall–Kier alpha value is -1.69. The molecule has 0 amide bonds. The van der Waals surface area contributed by atoms with E-state index in [4.69, 9.17) is 10.00 Å². The van der Waals surface area contributed by atoms with Crippen LogP contribution in [-0.4, -0.2) is 19.7 Å². The summed E-state index contributed by atoms with van der Waals surface area (Å²) in [6.07, 6.45) is 1.09. The zero-order chi connectivity index (χ0) is 13.5. The van der Waals surface area contributed by atoms with Crippen LogP contribution in [0.1, 0.15) is 44.2 Å².